The van der Waals surface area contributed by atoms with Gasteiger partial charge in [-0.2, -0.15) is 5.10 Å². The maximum atomic E-state index is 12.8. The van der Waals surface area contributed by atoms with Crippen molar-refractivity contribution in [2.24, 2.45) is 0 Å². The van der Waals surface area contributed by atoms with Crippen LogP contribution >= 0.6 is 0 Å². The van der Waals surface area contributed by atoms with E-state index in [9.17, 15) is 4.79 Å². The number of piperazine rings is 1. The van der Waals surface area contributed by atoms with Crippen molar-refractivity contribution in [2.45, 2.75) is 25.7 Å². The SMILES string of the molecule is CCOc1ncccc1C(=O)N1CCN(c2ccc(C3CC3)nn2)CC1. The maximum absolute atomic E-state index is 12.8. The second-order valence-corrected chi connectivity index (χ2v) is 6.66. The Bertz CT molecular complexity index is 768. The molecule has 3 heterocycles. The van der Waals surface area contributed by atoms with Gasteiger partial charge in [0.25, 0.3) is 5.91 Å². The Balaban J connectivity index is 1.39. The fraction of sp³-hybridized carbons (Fsp3) is 0.474. The molecule has 4 rings (SSSR count). The number of carbonyl (C=O) groups is 1. The Morgan fingerprint density at radius 3 is 2.62 bits per heavy atom. The van der Waals surface area contributed by atoms with E-state index in [0.717, 1.165) is 24.6 Å². The number of hydrogen-bond donors (Lipinski definition) is 0. The van der Waals surface area contributed by atoms with Gasteiger partial charge in [-0.25, -0.2) is 4.98 Å². The summed E-state index contributed by atoms with van der Waals surface area (Å²) in [6.45, 7) is 5.15. The van der Waals surface area contributed by atoms with Crippen molar-refractivity contribution < 1.29 is 9.53 Å². The molecule has 1 saturated carbocycles. The highest BCUT2D eigenvalue weighted by Crippen LogP contribution is 2.38. The van der Waals surface area contributed by atoms with E-state index in [2.05, 4.69) is 26.1 Å². The zero-order valence-corrected chi connectivity index (χ0v) is 15.0. The second kappa shape index (κ2) is 7.27. The molecule has 1 saturated heterocycles. The predicted molar refractivity (Wildman–Crippen MR) is 97.5 cm³/mol. The van der Waals surface area contributed by atoms with Crippen molar-refractivity contribution in [3.05, 3.63) is 41.7 Å². The van der Waals surface area contributed by atoms with E-state index in [1.807, 2.05) is 17.9 Å². The average molecular weight is 353 g/mol. The van der Waals surface area contributed by atoms with Crippen LogP contribution in [-0.2, 0) is 0 Å². The molecule has 2 aliphatic rings. The van der Waals surface area contributed by atoms with Gasteiger partial charge in [-0.3, -0.25) is 4.79 Å². The second-order valence-electron chi connectivity index (χ2n) is 6.66. The van der Waals surface area contributed by atoms with E-state index in [-0.39, 0.29) is 5.91 Å². The largest absolute Gasteiger partial charge is 0.477 e. The van der Waals surface area contributed by atoms with Crippen LogP contribution in [0.25, 0.3) is 0 Å². The molecule has 0 atom stereocenters. The number of aromatic nitrogens is 3. The topological polar surface area (TPSA) is 71.5 Å². The zero-order valence-electron chi connectivity index (χ0n) is 15.0. The molecule has 7 nitrogen and oxygen atoms in total. The molecule has 0 bridgehead atoms. The number of anilines is 1. The number of hydrogen-bond acceptors (Lipinski definition) is 6. The lowest BCUT2D eigenvalue weighted by Gasteiger charge is -2.35. The summed E-state index contributed by atoms with van der Waals surface area (Å²) in [6.07, 6.45) is 4.10. The van der Waals surface area contributed by atoms with E-state index in [4.69, 9.17) is 4.74 Å². The molecule has 26 heavy (non-hydrogen) atoms. The van der Waals surface area contributed by atoms with Crippen LogP contribution in [0.15, 0.2) is 30.5 Å². The monoisotopic (exact) mass is 353 g/mol. The van der Waals surface area contributed by atoms with Gasteiger partial charge in [-0.15, -0.1) is 5.10 Å². The summed E-state index contributed by atoms with van der Waals surface area (Å²) in [5, 5.41) is 8.73. The van der Waals surface area contributed by atoms with Gasteiger partial charge < -0.3 is 14.5 Å². The van der Waals surface area contributed by atoms with Gasteiger partial charge in [0.15, 0.2) is 5.82 Å². The Morgan fingerprint density at radius 2 is 1.96 bits per heavy atom. The number of carbonyl (C=O) groups excluding carboxylic acids is 1. The molecule has 1 aliphatic carbocycles. The van der Waals surface area contributed by atoms with Gasteiger partial charge in [0.1, 0.15) is 5.56 Å². The van der Waals surface area contributed by atoms with Gasteiger partial charge in [0, 0.05) is 38.3 Å². The molecule has 1 aliphatic heterocycles. The molecular weight excluding hydrogens is 330 g/mol. The highest BCUT2D eigenvalue weighted by Gasteiger charge is 2.27. The van der Waals surface area contributed by atoms with Gasteiger partial charge in [0.2, 0.25) is 5.88 Å². The lowest BCUT2D eigenvalue weighted by atomic mass is 10.2. The van der Waals surface area contributed by atoms with Crippen LogP contribution in [0.3, 0.4) is 0 Å². The van der Waals surface area contributed by atoms with Crippen LogP contribution in [0.2, 0.25) is 0 Å². The van der Waals surface area contributed by atoms with Crippen LogP contribution < -0.4 is 9.64 Å². The van der Waals surface area contributed by atoms with E-state index in [1.165, 1.54) is 12.8 Å². The number of ether oxygens (including phenoxy) is 1. The Morgan fingerprint density at radius 1 is 1.15 bits per heavy atom. The lowest BCUT2D eigenvalue weighted by Crippen LogP contribution is -2.49. The molecule has 0 radical (unpaired) electrons. The van der Waals surface area contributed by atoms with Crippen LogP contribution in [0.4, 0.5) is 5.82 Å². The molecule has 7 heteroatoms. The Labute approximate surface area is 153 Å². The summed E-state index contributed by atoms with van der Waals surface area (Å²) in [4.78, 5) is 21.0. The van der Waals surface area contributed by atoms with E-state index in [0.29, 0.717) is 37.1 Å². The van der Waals surface area contributed by atoms with Crippen molar-refractivity contribution in [1.29, 1.82) is 0 Å². The third kappa shape index (κ3) is 3.47. The van der Waals surface area contributed by atoms with E-state index >= 15 is 0 Å². The normalized spacial score (nSPS) is 17.3. The van der Waals surface area contributed by atoms with Gasteiger partial charge in [-0.05, 0) is 44.0 Å². The Kier molecular flexibility index (Phi) is 4.69. The van der Waals surface area contributed by atoms with E-state index in [1.54, 1.807) is 18.3 Å². The van der Waals surface area contributed by atoms with Gasteiger partial charge in [-0.1, -0.05) is 0 Å². The van der Waals surface area contributed by atoms with Crippen molar-refractivity contribution in [2.75, 3.05) is 37.7 Å². The lowest BCUT2D eigenvalue weighted by molar-refractivity contribution is 0.0741. The highest BCUT2D eigenvalue weighted by molar-refractivity contribution is 5.96. The molecule has 1 amide bonds. The minimum Gasteiger partial charge on any atom is -0.477 e. The minimum absolute atomic E-state index is 0.0311. The quantitative estimate of drug-likeness (QED) is 0.820. The summed E-state index contributed by atoms with van der Waals surface area (Å²) in [6, 6.07) is 7.67. The summed E-state index contributed by atoms with van der Waals surface area (Å²) in [5.41, 5.74) is 1.62. The summed E-state index contributed by atoms with van der Waals surface area (Å²) in [5.74, 6) is 1.88. The minimum atomic E-state index is -0.0311. The molecule has 0 unspecified atom stereocenters. The van der Waals surface area contributed by atoms with Gasteiger partial charge >= 0.3 is 0 Å². The Hall–Kier alpha value is -2.70. The fourth-order valence-corrected chi connectivity index (χ4v) is 3.22. The number of amides is 1. The summed E-state index contributed by atoms with van der Waals surface area (Å²) in [7, 11) is 0. The van der Waals surface area contributed by atoms with Crippen molar-refractivity contribution >= 4 is 11.7 Å². The molecule has 0 N–H and O–H groups in total. The summed E-state index contributed by atoms with van der Waals surface area (Å²) < 4.78 is 5.49. The first kappa shape index (κ1) is 16.8. The number of rotatable bonds is 5. The van der Waals surface area contributed by atoms with Crippen LogP contribution in [0.1, 0.15) is 41.7 Å². The number of pyridine rings is 1. The zero-order chi connectivity index (χ0) is 17.9. The fourth-order valence-electron chi connectivity index (χ4n) is 3.22. The van der Waals surface area contributed by atoms with Crippen LogP contribution in [-0.4, -0.2) is 58.8 Å². The van der Waals surface area contributed by atoms with Crippen LogP contribution in [0.5, 0.6) is 5.88 Å². The predicted octanol–water partition coefficient (Wildman–Crippen LogP) is 2.11. The highest BCUT2D eigenvalue weighted by atomic mass is 16.5. The molecule has 2 aromatic heterocycles. The first-order chi connectivity index (χ1) is 12.8. The maximum Gasteiger partial charge on any atom is 0.259 e. The third-order valence-corrected chi connectivity index (χ3v) is 4.84. The molecule has 2 aromatic rings. The van der Waals surface area contributed by atoms with E-state index < -0.39 is 0 Å². The van der Waals surface area contributed by atoms with Gasteiger partial charge in [0.05, 0.1) is 12.3 Å². The van der Waals surface area contributed by atoms with Crippen molar-refractivity contribution in [3.63, 3.8) is 0 Å². The summed E-state index contributed by atoms with van der Waals surface area (Å²) >= 11 is 0. The molecular formula is C19H23N5O2. The number of nitrogens with zero attached hydrogens (tertiary/aromatic N) is 5. The molecule has 136 valence electrons. The average Bonchev–Trinajstić information content (AvgIpc) is 3.54. The smallest absolute Gasteiger partial charge is 0.259 e. The molecule has 2 fully saturated rings. The first-order valence-corrected chi connectivity index (χ1v) is 9.22. The molecule has 0 spiro atoms. The van der Waals surface area contributed by atoms with Crippen LogP contribution in [0, 0.1) is 0 Å². The first-order valence-electron chi connectivity index (χ1n) is 9.22. The van der Waals surface area contributed by atoms with Crippen molar-refractivity contribution in [3.8, 4) is 5.88 Å². The molecule has 0 aromatic carbocycles. The third-order valence-electron chi connectivity index (χ3n) is 4.84. The standard InChI is InChI=1S/C19H23N5O2/c1-2-26-18-15(4-3-9-20-18)19(25)24-12-10-23(11-13-24)17-8-7-16(21-22-17)14-5-6-14/h3-4,7-9,14H,2,5-6,10-13H2,1H3. The van der Waals surface area contributed by atoms with Crippen molar-refractivity contribution in [1.82, 2.24) is 20.1 Å².